The van der Waals surface area contributed by atoms with Crippen LogP contribution in [0.1, 0.15) is 35.6 Å². The lowest BCUT2D eigenvalue weighted by atomic mass is 9.96. The summed E-state index contributed by atoms with van der Waals surface area (Å²) in [5.41, 5.74) is 3.32. The summed E-state index contributed by atoms with van der Waals surface area (Å²) in [6.45, 7) is 5.42. The maximum Gasteiger partial charge on any atom is 0.267 e. The van der Waals surface area contributed by atoms with Crippen LogP contribution >= 0.6 is 0 Å². The summed E-state index contributed by atoms with van der Waals surface area (Å²) in [5, 5.41) is 8.63. The third-order valence-corrected chi connectivity index (χ3v) is 4.80. The molecule has 0 atom stereocenters. The number of hydrogen-bond donors (Lipinski definition) is 0. The Hall–Kier alpha value is -1.95. The molecule has 0 bridgehead atoms. The molecule has 0 N–H and O–H groups in total. The first-order valence-electron chi connectivity index (χ1n) is 8.42. The highest BCUT2D eigenvalue weighted by atomic mass is 16.5. The molecule has 0 aromatic carbocycles. The first-order chi connectivity index (χ1) is 11.2. The van der Waals surface area contributed by atoms with Gasteiger partial charge in [0.1, 0.15) is 5.76 Å². The molecular formula is C17H22N4O2. The van der Waals surface area contributed by atoms with Gasteiger partial charge in [-0.15, -0.1) is 0 Å². The van der Waals surface area contributed by atoms with Gasteiger partial charge in [0.2, 0.25) is 0 Å². The zero-order valence-corrected chi connectivity index (χ0v) is 13.5. The maximum atomic E-state index is 12.2. The zero-order chi connectivity index (χ0) is 15.8. The molecule has 2 aliphatic rings. The van der Waals surface area contributed by atoms with E-state index in [1.165, 1.54) is 12.8 Å². The van der Waals surface area contributed by atoms with Crippen molar-refractivity contribution in [1.82, 2.24) is 19.8 Å². The van der Waals surface area contributed by atoms with Crippen molar-refractivity contribution >= 4 is 0 Å². The van der Waals surface area contributed by atoms with Gasteiger partial charge < -0.3 is 4.52 Å². The molecule has 2 aromatic rings. The number of aromatic nitrogens is 3. The van der Waals surface area contributed by atoms with E-state index in [-0.39, 0.29) is 5.56 Å². The average Bonchev–Trinajstić information content (AvgIpc) is 2.91. The van der Waals surface area contributed by atoms with Crippen molar-refractivity contribution in [1.29, 1.82) is 0 Å². The number of nitrogens with zero attached hydrogens (tertiary/aromatic N) is 4. The number of fused-ring (bicyclic) bond motifs is 1. The van der Waals surface area contributed by atoms with E-state index in [1.54, 1.807) is 10.7 Å². The second-order valence-corrected chi connectivity index (χ2v) is 6.83. The third-order valence-electron chi connectivity index (χ3n) is 4.80. The Morgan fingerprint density at radius 3 is 2.87 bits per heavy atom. The standard InChI is InChI=1S/C17H22N4O2/c1-12-6-15(19-23-12)11-20-8-13(9-20)10-21-17(22)7-14-4-2-3-5-16(14)18-21/h6-7,13H,2-5,8-11H2,1H3. The van der Waals surface area contributed by atoms with Crippen molar-refractivity contribution < 1.29 is 4.52 Å². The molecule has 0 radical (unpaired) electrons. The monoisotopic (exact) mass is 314 g/mol. The summed E-state index contributed by atoms with van der Waals surface area (Å²) in [4.78, 5) is 14.5. The molecule has 6 nitrogen and oxygen atoms in total. The minimum Gasteiger partial charge on any atom is -0.361 e. The van der Waals surface area contributed by atoms with Gasteiger partial charge in [-0.05, 0) is 38.2 Å². The largest absolute Gasteiger partial charge is 0.361 e. The van der Waals surface area contributed by atoms with Crippen molar-refractivity contribution in [2.24, 2.45) is 5.92 Å². The average molecular weight is 314 g/mol. The lowest BCUT2D eigenvalue weighted by Gasteiger charge is -2.38. The molecule has 0 amide bonds. The van der Waals surface area contributed by atoms with E-state index < -0.39 is 0 Å². The van der Waals surface area contributed by atoms with E-state index in [0.717, 1.165) is 61.7 Å². The quantitative estimate of drug-likeness (QED) is 0.857. The van der Waals surface area contributed by atoms with Gasteiger partial charge in [-0.3, -0.25) is 9.69 Å². The van der Waals surface area contributed by atoms with Gasteiger partial charge >= 0.3 is 0 Å². The van der Waals surface area contributed by atoms with E-state index in [9.17, 15) is 4.79 Å². The van der Waals surface area contributed by atoms with Gasteiger partial charge in [0, 0.05) is 37.7 Å². The van der Waals surface area contributed by atoms with Crippen molar-refractivity contribution in [2.45, 2.75) is 45.7 Å². The molecule has 0 spiro atoms. The highest BCUT2D eigenvalue weighted by molar-refractivity contribution is 5.20. The fourth-order valence-corrected chi connectivity index (χ4v) is 3.62. The topological polar surface area (TPSA) is 64.2 Å². The fraction of sp³-hybridized carbons (Fsp3) is 0.588. The summed E-state index contributed by atoms with van der Waals surface area (Å²) >= 11 is 0. The van der Waals surface area contributed by atoms with Crippen LogP contribution in [-0.4, -0.2) is 32.9 Å². The lowest BCUT2D eigenvalue weighted by molar-refractivity contribution is 0.0741. The lowest BCUT2D eigenvalue weighted by Crippen LogP contribution is -2.49. The highest BCUT2D eigenvalue weighted by Gasteiger charge is 2.28. The molecule has 4 rings (SSSR count). The van der Waals surface area contributed by atoms with Crippen LogP contribution in [0.3, 0.4) is 0 Å². The van der Waals surface area contributed by atoms with Gasteiger partial charge in [0.25, 0.3) is 5.56 Å². The van der Waals surface area contributed by atoms with Crippen LogP contribution in [0.25, 0.3) is 0 Å². The van der Waals surface area contributed by atoms with Crippen molar-refractivity contribution in [3.63, 3.8) is 0 Å². The van der Waals surface area contributed by atoms with Crippen molar-refractivity contribution in [2.75, 3.05) is 13.1 Å². The third kappa shape index (κ3) is 3.08. The molecule has 1 fully saturated rings. The van der Waals surface area contributed by atoms with Crippen LogP contribution in [0.5, 0.6) is 0 Å². The molecule has 1 aliphatic carbocycles. The smallest absolute Gasteiger partial charge is 0.267 e. The summed E-state index contributed by atoms with van der Waals surface area (Å²) in [7, 11) is 0. The van der Waals surface area contributed by atoms with Gasteiger partial charge in [0.05, 0.1) is 17.9 Å². The summed E-state index contributed by atoms with van der Waals surface area (Å²) < 4.78 is 6.77. The molecule has 0 unspecified atom stereocenters. The van der Waals surface area contributed by atoms with E-state index in [2.05, 4.69) is 15.2 Å². The number of aryl methyl sites for hydroxylation is 3. The van der Waals surface area contributed by atoms with Gasteiger partial charge in [-0.25, -0.2) is 4.68 Å². The van der Waals surface area contributed by atoms with Crippen LogP contribution in [0.15, 0.2) is 21.5 Å². The minimum atomic E-state index is 0.0521. The second-order valence-electron chi connectivity index (χ2n) is 6.83. The maximum absolute atomic E-state index is 12.2. The van der Waals surface area contributed by atoms with E-state index in [1.807, 2.05) is 13.0 Å². The summed E-state index contributed by atoms with van der Waals surface area (Å²) in [6, 6.07) is 3.78. The molecule has 2 aromatic heterocycles. The first-order valence-corrected chi connectivity index (χ1v) is 8.42. The van der Waals surface area contributed by atoms with Crippen LogP contribution in [0.2, 0.25) is 0 Å². The van der Waals surface area contributed by atoms with Gasteiger partial charge in [0.15, 0.2) is 0 Å². The summed E-state index contributed by atoms with van der Waals surface area (Å²) in [5.74, 6) is 1.34. The zero-order valence-electron chi connectivity index (χ0n) is 13.5. The first kappa shape index (κ1) is 14.6. The molecule has 1 aliphatic heterocycles. The number of likely N-dealkylation sites (tertiary alicyclic amines) is 1. The normalized spacial score (nSPS) is 18.7. The Labute approximate surface area is 135 Å². The molecule has 0 saturated carbocycles. The number of rotatable bonds is 4. The van der Waals surface area contributed by atoms with Crippen molar-refractivity contribution in [3.05, 3.63) is 45.2 Å². The van der Waals surface area contributed by atoms with Crippen LogP contribution < -0.4 is 5.56 Å². The second kappa shape index (κ2) is 5.92. The van der Waals surface area contributed by atoms with Crippen LogP contribution in [0.4, 0.5) is 0 Å². The Kier molecular flexibility index (Phi) is 3.77. The highest BCUT2D eigenvalue weighted by Crippen LogP contribution is 2.21. The predicted octanol–water partition coefficient (Wildman–Crippen LogP) is 1.55. The summed E-state index contributed by atoms with van der Waals surface area (Å²) in [6.07, 6.45) is 4.38. The Morgan fingerprint density at radius 1 is 1.26 bits per heavy atom. The molecule has 6 heteroatoms. The van der Waals surface area contributed by atoms with Crippen molar-refractivity contribution in [3.8, 4) is 0 Å². The minimum absolute atomic E-state index is 0.0521. The molecular weight excluding hydrogens is 292 g/mol. The van der Waals surface area contributed by atoms with E-state index in [0.29, 0.717) is 5.92 Å². The Balaban J connectivity index is 1.36. The SMILES string of the molecule is Cc1cc(CN2CC(Cn3nc4c(cc3=O)CCCC4)C2)no1. The Bertz CT molecular complexity index is 758. The predicted molar refractivity (Wildman–Crippen MR) is 85.1 cm³/mol. The Morgan fingerprint density at radius 2 is 2.09 bits per heavy atom. The van der Waals surface area contributed by atoms with Gasteiger partial charge in [-0.1, -0.05) is 5.16 Å². The van der Waals surface area contributed by atoms with Crippen LogP contribution in [0, 0.1) is 12.8 Å². The number of hydrogen-bond acceptors (Lipinski definition) is 5. The van der Waals surface area contributed by atoms with Crippen LogP contribution in [-0.2, 0) is 25.9 Å². The molecule has 3 heterocycles. The molecule has 1 saturated heterocycles. The molecule has 122 valence electrons. The van der Waals surface area contributed by atoms with E-state index >= 15 is 0 Å². The van der Waals surface area contributed by atoms with E-state index in [4.69, 9.17) is 4.52 Å². The fourth-order valence-electron chi connectivity index (χ4n) is 3.62. The van der Waals surface area contributed by atoms with Gasteiger partial charge in [-0.2, -0.15) is 5.10 Å². The molecule has 23 heavy (non-hydrogen) atoms.